The Morgan fingerprint density at radius 3 is 2.61 bits per heavy atom. The number of nitrogens with one attached hydrogen (secondary N) is 1. The number of rotatable bonds is 3. The first-order valence-corrected chi connectivity index (χ1v) is 6.16. The summed E-state index contributed by atoms with van der Waals surface area (Å²) < 4.78 is 10.1. The van der Waals surface area contributed by atoms with Gasteiger partial charge in [0.05, 0.1) is 18.6 Å². The maximum absolute atomic E-state index is 11.7. The second-order valence-electron chi connectivity index (χ2n) is 5.19. The van der Waals surface area contributed by atoms with Crippen LogP contribution in [0.4, 0.5) is 4.79 Å². The molecule has 18 heavy (non-hydrogen) atoms. The predicted molar refractivity (Wildman–Crippen MR) is 67.0 cm³/mol. The quantitative estimate of drug-likeness (QED) is 0.619. The fourth-order valence-electron chi connectivity index (χ4n) is 1.74. The van der Waals surface area contributed by atoms with Gasteiger partial charge in [-0.1, -0.05) is 12.2 Å². The van der Waals surface area contributed by atoms with Crippen molar-refractivity contribution < 1.29 is 19.1 Å². The summed E-state index contributed by atoms with van der Waals surface area (Å²) >= 11 is 0. The Morgan fingerprint density at radius 1 is 1.39 bits per heavy atom. The number of alkyl carbamates (subject to hydrolysis) is 1. The summed E-state index contributed by atoms with van der Waals surface area (Å²) in [6, 6.07) is -0.348. The summed E-state index contributed by atoms with van der Waals surface area (Å²) in [5, 5.41) is 2.68. The SMILES string of the molecule is CCOC(=O)[C@H]1CC=C[C@H]1NC(=O)OC(C)(C)C. The predicted octanol–water partition coefficient (Wildman–Crippen LogP) is 2.02. The lowest BCUT2D eigenvalue weighted by Gasteiger charge is -2.23. The van der Waals surface area contributed by atoms with Gasteiger partial charge in [-0.2, -0.15) is 0 Å². The van der Waals surface area contributed by atoms with Crippen LogP contribution in [0.1, 0.15) is 34.1 Å². The third kappa shape index (κ3) is 4.39. The van der Waals surface area contributed by atoms with Crippen LogP contribution in [0.25, 0.3) is 0 Å². The van der Waals surface area contributed by atoms with E-state index in [1.54, 1.807) is 33.8 Å². The smallest absolute Gasteiger partial charge is 0.408 e. The molecule has 1 N–H and O–H groups in total. The van der Waals surface area contributed by atoms with Crippen LogP contribution in [0.2, 0.25) is 0 Å². The molecule has 1 aliphatic carbocycles. The molecule has 1 amide bonds. The Labute approximate surface area is 108 Å². The van der Waals surface area contributed by atoms with E-state index in [9.17, 15) is 9.59 Å². The number of amides is 1. The normalized spacial score (nSPS) is 22.7. The highest BCUT2D eigenvalue weighted by molar-refractivity contribution is 5.76. The lowest BCUT2D eigenvalue weighted by atomic mass is 10.0. The minimum atomic E-state index is -0.550. The molecular formula is C13H21NO4. The lowest BCUT2D eigenvalue weighted by molar-refractivity contribution is -0.148. The molecule has 0 fully saturated rings. The van der Waals surface area contributed by atoms with Crippen LogP contribution < -0.4 is 5.32 Å². The van der Waals surface area contributed by atoms with E-state index < -0.39 is 11.7 Å². The first kappa shape index (κ1) is 14.5. The average molecular weight is 255 g/mol. The van der Waals surface area contributed by atoms with Gasteiger partial charge in [0.15, 0.2) is 0 Å². The Morgan fingerprint density at radius 2 is 2.06 bits per heavy atom. The molecule has 0 bridgehead atoms. The van der Waals surface area contributed by atoms with Crippen LogP contribution in [-0.2, 0) is 14.3 Å². The van der Waals surface area contributed by atoms with Crippen LogP contribution in [0.3, 0.4) is 0 Å². The van der Waals surface area contributed by atoms with Crippen LogP contribution in [0.5, 0.6) is 0 Å². The molecule has 0 aromatic heterocycles. The van der Waals surface area contributed by atoms with Crippen molar-refractivity contribution in [2.45, 2.75) is 45.8 Å². The first-order chi connectivity index (χ1) is 8.33. The van der Waals surface area contributed by atoms with Gasteiger partial charge in [0.1, 0.15) is 5.60 Å². The van der Waals surface area contributed by atoms with Crippen molar-refractivity contribution in [2.75, 3.05) is 6.61 Å². The van der Waals surface area contributed by atoms with Gasteiger partial charge in [0, 0.05) is 0 Å². The van der Waals surface area contributed by atoms with Gasteiger partial charge in [0.25, 0.3) is 0 Å². The zero-order valence-corrected chi connectivity index (χ0v) is 11.4. The standard InChI is InChI=1S/C13H21NO4/c1-5-17-11(15)9-7-6-8-10(9)14-12(16)18-13(2,3)4/h6,8-10H,5,7H2,1-4H3,(H,14,16)/t9-,10+/m0/s1. The van der Waals surface area contributed by atoms with Crippen LogP contribution in [0, 0.1) is 5.92 Å². The van der Waals surface area contributed by atoms with E-state index >= 15 is 0 Å². The molecule has 0 aliphatic heterocycles. The van der Waals surface area contributed by atoms with Gasteiger partial charge in [-0.25, -0.2) is 4.79 Å². The Bertz CT molecular complexity index is 343. The third-order valence-electron chi connectivity index (χ3n) is 2.44. The topological polar surface area (TPSA) is 64.6 Å². The zero-order valence-electron chi connectivity index (χ0n) is 11.4. The maximum atomic E-state index is 11.7. The molecule has 0 radical (unpaired) electrons. The van der Waals surface area contributed by atoms with Crippen LogP contribution in [0.15, 0.2) is 12.2 Å². The molecule has 0 heterocycles. The molecule has 102 valence electrons. The molecule has 0 saturated carbocycles. The van der Waals surface area contributed by atoms with E-state index in [4.69, 9.17) is 9.47 Å². The highest BCUT2D eigenvalue weighted by Gasteiger charge is 2.32. The number of carbonyl (C=O) groups excluding carboxylic acids is 2. The van der Waals surface area contributed by atoms with Gasteiger partial charge in [-0.15, -0.1) is 0 Å². The molecule has 5 heteroatoms. The fraction of sp³-hybridized carbons (Fsp3) is 0.692. The van der Waals surface area contributed by atoms with E-state index in [1.165, 1.54) is 0 Å². The first-order valence-electron chi connectivity index (χ1n) is 6.16. The van der Waals surface area contributed by atoms with E-state index in [-0.39, 0.29) is 17.9 Å². The lowest BCUT2D eigenvalue weighted by Crippen LogP contribution is -2.43. The van der Waals surface area contributed by atoms with Gasteiger partial charge in [-0.3, -0.25) is 4.79 Å². The van der Waals surface area contributed by atoms with Crippen LogP contribution in [-0.4, -0.2) is 30.3 Å². The Hall–Kier alpha value is -1.52. The summed E-state index contributed by atoms with van der Waals surface area (Å²) in [4.78, 5) is 23.3. The number of hydrogen-bond donors (Lipinski definition) is 1. The van der Waals surface area contributed by atoms with Gasteiger partial charge >= 0.3 is 12.1 Å². The second-order valence-corrected chi connectivity index (χ2v) is 5.19. The molecule has 2 atom stereocenters. The maximum Gasteiger partial charge on any atom is 0.408 e. The zero-order chi connectivity index (χ0) is 13.8. The van der Waals surface area contributed by atoms with Crippen molar-refractivity contribution in [3.8, 4) is 0 Å². The summed E-state index contributed by atoms with van der Waals surface area (Å²) in [7, 11) is 0. The number of allylic oxidation sites excluding steroid dienone is 1. The largest absolute Gasteiger partial charge is 0.466 e. The summed E-state index contributed by atoms with van der Waals surface area (Å²) in [6.45, 7) is 7.48. The average Bonchev–Trinajstić information content (AvgIpc) is 2.62. The van der Waals surface area contributed by atoms with Crippen molar-refractivity contribution in [1.82, 2.24) is 5.32 Å². The molecule has 0 aromatic carbocycles. The highest BCUT2D eigenvalue weighted by atomic mass is 16.6. The number of hydrogen-bond acceptors (Lipinski definition) is 4. The molecular weight excluding hydrogens is 234 g/mol. The molecule has 0 aromatic rings. The monoisotopic (exact) mass is 255 g/mol. The third-order valence-corrected chi connectivity index (χ3v) is 2.44. The number of ether oxygens (including phenoxy) is 2. The van der Waals surface area contributed by atoms with Crippen LogP contribution >= 0.6 is 0 Å². The fourth-order valence-corrected chi connectivity index (χ4v) is 1.74. The second kappa shape index (κ2) is 5.89. The molecule has 1 rings (SSSR count). The van der Waals surface area contributed by atoms with Gasteiger partial charge in [-0.05, 0) is 34.1 Å². The molecule has 1 aliphatic rings. The van der Waals surface area contributed by atoms with Crippen molar-refractivity contribution >= 4 is 12.1 Å². The van der Waals surface area contributed by atoms with Gasteiger partial charge in [0.2, 0.25) is 0 Å². The minimum absolute atomic E-state index is 0.288. The molecule has 0 saturated heterocycles. The van der Waals surface area contributed by atoms with Crippen molar-refractivity contribution in [2.24, 2.45) is 5.92 Å². The van der Waals surface area contributed by atoms with Crippen molar-refractivity contribution in [3.63, 3.8) is 0 Å². The van der Waals surface area contributed by atoms with Crippen molar-refractivity contribution in [1.29, 1.82) is 0 Å². The summed E-state index contributed by atoms with van der Waals surface area (Å²) in [6.07, 6.45) is 3.72. The van der Waals surface area contributed by atoms with E-state index in [0.717, 1.165) is 0 Å². The van der Waals surface area contributed by atoms with Crippen molar-refractivity contribution in [3.05, 3.63) is 12.2 Å². The molecule has 5 nitrogen and oxygen atoms in total. The van der Waals surface area contributed by atoms with E-state index in [1.807, 2.05) is 6.08 Å². The minimum Gasteiger partial charge on any atom is -0.466 e. The number of carbonyl (C=O) groups is 2. The van der Waals surface area contributed by atoms with Gasteiger partial charge < -0.3 is 14.8 Å². The highest BCUT2D eigenvalue weighted by Crippen LogP contribution is 2.21. The Balaban J connectivity index is 2.52. The number of esters is 1. The Kier molecular flexibility index (Phi) is 4.76. The molecule has 0 unspecified atom stereocenters. The summed E-state index contributed by atoms with van der Waals surface area (Å²) in [5.74, 6) is -0.638. The molecule has 0 spiro atoms. The van der Waals surface area contributed by atoms with E-state index in [2.05, 4.69) is 5.32 Å². The van der Waals surface area contributed by atoms with E-state index in [0.29, 0.717) is 13.0 Å². The summed E-state index contributed by atoms with van der Waals surface area (Å²) in [5.41, 5.74) is -0.550.